The number of carboxylic acid groups (broad SMARTS) is 1. The Bertz CT molecular complexity index is 1670. The van der Waals surface area contributed by atoms with Gasteiger partial charge in [-0.05, 0) is 58.5 Å². The van der Waals surface area contributed by atoms with Crippen LogP contribution in [0.2, 0.25) is 5.02 Å². The number of carbonyl (C=O) groups excluding carboxylic acids is 3. The fraction of sp³-hybridized carbons (Fsp3) is 0.138. The lowest BCUT2D eigenvalue weighted by Crippen LogP contribution is -2.44. The van der Waals surface area contributed by atoms with Crippen LogP contribution in [0.1, 0.15) is 17.5 Å². The molecule has 0 saturated carbocycles. The van der Waals surface area contributed by atoms with Crippen LogP contribution in [0.4, 0.5) is 20.6 Å². The summed E-state index contributed by atoms with van der Waals surface area (Å²) in [5.74, 6) is -3.25. The van der Waals surface area contributed by atoms with Crippen molar-refractivity contribution >= 4 is 52.9 Å². The monoisotopic (exact) mass is 621 g/mol. The third kappa shape index (κ3) is 9.19. The molecule has 0 spiro atoms. The standard InChI is InChI=1S/C29H25ClFN7O6/c30-20-7-10-25(38-17-32-36-37-38)19(15-20)6-11-26(39)34-24(14-18-4-2-1-3-5-18)28(42)33-21-8-9-23(22(31)16-21)35-29(43)44-13-12-27(40)41/h1-11,15-17,24H,12-14H2,(H,33,42)(H,34,39)(H,35,43)(H,40,41). The summed E-state index contributed by atoms with van der Waals surface area (Å²) in [6.07, 6.45) is 2.82. The molecule has 1 heterocycles. The third-order valence-corrected chi connectivity index (χ3v) is 6.17. The van der Waals surface area contributed by atoms with Crippen LogP contribution in [0.5, 0.6) is 0 Å². The van der Waals surface area contributed by atoms with Gasteiger partial charge in [-0.1, -0.05) is 41.9 Å². The first-order valence-electron chi connectivity index (χ1n) is 13.0. The molecule has 0 aliphatic heterocycles. The number of tetrazole rings is 1. The largest absolute Gasteiger partial charge is 0.481 e. The molecule has 1 aromatic heterocycles. The lowest BCUT2D eigenvalue weighted by molar-refractivity contribution is -0.137. The number of carboxylic acids is 1. The zero-order valence-corrected chi connectivity index (χ0v) is 23.6. The van der Waals surface area contributed by atoms with E-state index in [-0.39, 0.29) is 24.4 Å². The Labute approximate surface area is 254 Å². The van der Waals surface area contributed by atoms with Crippen molar-refractivity contribution in [2.45, 2.75) is 18.9 Å². The van der Waals surface area contributed by atoms with E-state index in [9.17, 15) is 23.6 Å². The van der Waals surface area contributed by atoms with Gasteiger partial charge in [-0.15, -0.1) is 5.10 Å². The maximum atomic E-state index is 14.7. The topological polar surface area (TPSA) is 177 Å². The molecule has 226 valence electrons. The summed E-state index contributed by atoms with van der Waals surface area (Å²) in [5.41, 5.74) is 1.68. The van der Waals surface area contributed by atoms with Crippen LogP contribution in [-0.4, -0.2) is 61.8 Å². The van der Waals surface area contributed by atoms with Crippen molar-refractivity contribution in [2.24, 2.45) is 0 Å². The summed E-state index contributed by atoms with van der Waals surface area (Å²) in [5, 5.41) is 27.5. The molecule has 0 aliphatic rings. The van der Waals surface area contributed by atoms with Gasteiger partial charge >= 0.3 is 12.1 Å². The van der Waals surface area contributed by atoms with E-state index < -0.39 is 42.2 Å². The minimum atomic E-state index is -1.15. The van der Waals surface area contributed by atoms with E-state index in [4.69, 9.17) is 16.7 Å². The minimum Gasteiger partial charge on any atom is -0.481 e. The van der Waals surface area contributed by atoms with Crippen LogP contribution in [0.25, 0.3) is 11.8 Å². The maximum absolute atomic E-state index is 14.7. The first-order chi connectivity index (χ1) is 21.2. The van der Waals surface area contributed by atoms with Gasteiger partial charge in [0.2, 0.25) is 11.8 Å². The molecule has 44 heavy (non-hydrogen) atoms. The van der Waals surface area contributed by atoms with Crippen molar-refractivity contribution in [3.8, 4) is 5.69 Å². The van der Waals surface area contributed by atoms with Crippen LogP contribution in [0.3, 0.4) is 0 Å². The summed E-state index contributed by atoms with van der Waals surface area (Å²) < 4.78 is 20.8. The van der Waals surface area contributed by atoms with Gasteiger partial charge in [0, 0.05) is 28.8 Å². The predicted octanol–water partition coefficient (Wildman–Crippen LogP) is 3.86. The number of aliphatic carboxylic acids is 1. The second-order valence-corrected chi connectivity index (χ2v) is 9.57. The molecule has 0 bridgehead atoms. The predicted molar refractivity (Wildman–Crippen MR) is 158 cm³/mol. The Morgan fingerprint density at radius 3 is 2.55 bits per heavy atom. The number of benzene rings is 3. The Hall–Kier alpha value is -5.63. The molecule has 0 fully saturated rings. The number of hydrogen-bond donors (Lipinski definition) is 4. The molecule has 1 unspecified atom stereocenters. The average molecular weight is 622 g/mol. The fourth-order valence-corrected chi connectivity index (χ4v) is 4.06. The fourth-order valence-electron chi connectivity index (χ4n) is 3.88. The Balaban J connectivity index is 1.46. The molecule has 15 heteroatoms. The summed E-state index contributed by atoms with van der Waals surface area (Å²) >= 11 is 6.14. The van der Waals surface area contributed by atoms with Gasteiger partial charge < -0.3 is 20.5 Å². The second kappa shape index (κ2) is 15.0. The van der Waals surface area contributed by atoms with Gasteiger partial charge in [-0.2, -0.15) is 4.68 Å². The highest BCUT2D eigenvalue weighted by Gasteiger charge is 2.21. The van der Waals surface area contributed by atoms with Gasteiger partial charge in [0.15, 0.2) is 0 Å². The number of amides is 3. The summed E-state index contributed by atoms with van der Waals surface area (Å²) in [6.45, 7) is -0.389. The van der Waals surface area contributed by atoms with Crippen LogP contribution in [0.15, 0.2) is 79.1 Å². The van der Waals surface area contributed by atoms with E-state index in [1.54, 1.807) is 42.5 Å². The first-order valence-corrected chi connectivity index (χ1v) is 13.4. The molecule has 0 radical (unpaired) electrons. The van der Waals surface area contributed by atoms with Crippen LogP contribution >= 0.6 is 11.6 Å². The molecular formula is C29H25ClFN7O6. The van der Waals surface area contributed by atoms with Crippen LogP contribution in [0, 0.1) is 5.82 Å². The molecule has 13 nitrogen and oxygen atoms in total. The molecule has 4 N–H and O–H groups in total. The van der Waals surface area contributed by atoms with Crippen molar-refractivity contribution in [1.29, 1.82) is 0 Å². The van der Waals surface area contributed by atoms with E-state index in [2.05, 4.69) is 36.2 Å². The molecule has 3 amide bonds. The molecular weight excluding hydrogens is 597 g/mol. The van der Waals surface area contributed by atoms with Gasteiger partial charge in [-0.25, -0.2) is 9.18 Å². The Morgan fingerprint density at radius 2 is 1.84 bits per heavy atom. The molecule has 4 aromatic rings. The summed E-state index contributed by atoms with van der Waals surface area (Å²) in [4.78, 5) is 48.6. The molecule has 1 atom stereocenters. The number of hydrogen-bond acceptors (Lipinski definition) is 8. The van der Waals surface area contributed by atoms with E-state index in [0.29, 0.717) is 16.3 Å². The second-order valence-electron chi connectivity index (χ2n) is 9.13. The number of aromatic nitrogens is 4. The highest BCUT2D eigenvalue weighted by Crippen LogP contribution is 2.21. The number of rotatable bonds is 12. The van der Waals surface area contributed by atoms with Gasteiger partial charge in [-0.3, -0.25) is 19.7 Å². The van der Waals surface area contributed by atoms with Gasteiger partial charge in [0.1, 0.15) is 24.8 Å². The smallest absolute Gasteiger partial charge is 0.411 e. The highest BCUT2D eigenvalue weighted by molar-refractivity contribution is 6.30. The SMILES string of the molecule is O=C(O)CCOC(=O)Nc1ccc(NC(=O)C(Cc2ccccc2)NC(=O)C=Cc2cc(Cl)ccc2-n2cnnn2)cc1F. The average Bonchev–Trinajstić information content (AvgIpc) is 3.52. The van der Waals surface area contributed by atoms with Crippen molar-refractivity contribution in [3.63, 3.8) is 0 Å². The number of halogens is 2. The van der Waals surface area contributed by atoms with Crippen LogP contribution in [-0.2, 0) is 25.5 Å². The lowest BCUT2D eigenvalue weighted by atomic mass is 10.0. The van der Waals surface area contributed by atoms with Crippen molar-refractivity contribution < 1.29 is 33.4 Å². The molecule has 3 aromatic carbocycles. The number of carbonyl (C=O) groups is 4. The summed E-state index contributed by atoms with van der Waals surface area (Å²) in [6, 6.07) is 16.4. The zero-order valence-electron chi connectivity index (χ0n) is 22.8. The lowest BCUT2D eigenvalue weighted by Gasteiger charge is -2.18. The third-order valence-electron chi connectivity index (χ3n) is 5.94. The number of nitrogens with zero attached hydrogens (tertiary/aromatic N) is 4. The number of anilines is 2. The van der Waals surface area contributed by atoms with E-state index in [0.717, 1.165) is 11.6 Å². The highest BCUT2D eigenvalue weighted by atomic mass is 35.5. The normalized spacial score (nSPS) is 11.5. The molecule has 0 saturated heterocycles. The Morgan fingerprint density at radius 1 is 1.05 bits per heavy atom. The molecule has 4 rings (SSSR count). The van der Waals surface area contributed by atoms with E-state index in [1.165, 1.54) is 35.3 Å². The Kier molecular flexibility index (Phi) is 10.7. The quantitative estimate of drug-likeness (QED) is 0.171. The van der Waals surface area contributed by atoms with E-state index >= 15 is 0 Å². The van der Waals surface area contributed by atoms with Crippen molar-refractivity contribution in [2.75, 3.05) is 17.2 Å². The van der Waals surface area contributed by atoms with Crippen molar-refractivity contribution in [1.82, 2.24) is 25.5 Å². The zero-order chi connectivity index (χ0) is 31.5. The molecule has 0 aliphatic carbocycles. The van der Waals surface area contributed by atoms with E-state index in [1.807, 2.05) is 6.07 Å². The number of ether oxygens (including phenoxy) is 1. The van der Waals surface area contributed by atoms with Gasteiger partial charge in [0.25, 0.3) is 0 Å². The maximum Gasteiger partial charge on any atom is 0.411 e. The van der Waals surface area contributed by atoms with Gasteiger partial charge in [0.05, 0.1) is 17.8 Å². The van der Waals surface area contributed by atoms with Crippen molar-refractivity contribution in [3.05, 3.63) is 101 Å². The first kappa shape index (κ1) is 31.3. The number of nitrogens with one attached hydrogen (secondary N) is 3. The minimum absolute atomic E-state index is 0.0603. The van der Waals surface area contributed by atoms with Crippen LogP contribution < -0.4 is 16.0 Å². The summed E-state index contributed by atoms with van der Waals surface area (Å²) in [7, 11) is 0.